The molecule has 2 heterocycles. The monoisotopic (exact) mass is 417 g/mol. The first-order valence-electron chi connectivity index (χ1n) is 7.84. The molecule has 1 aliphatic rings. The first-order valence-corrected chi connectivity index (χ1v) is 8.22. The highest BCUT2D eigenvalue weighted by Gasteiger charge is 2.53. The van der Waals surface area contributed by atoms with Crippen molar-refractivity contribution in [1.82, 2.24) is 4.98 Å². The molecule has 0 spiro atoms. The van der Waals surface area contributed by atoms with Gasteiger partial charge in [0.25, 0.3) is 5.91 Å². The van der Waals surface area contributed by atoms with E-state index in [4.69, 9.17) is 17.3 Å². The lowest BCUT2D eigenvalue weighted by atomic mass is 10.1. The Labute approximate surface area is 160 Å². The number of hydrogen-bond acceptors (Lipinski definition) is 5. The van der Waals surface area contributed by atoms with E-state index in [0.717, 1.165) is 11.0 Å². The lowest BCUT2D eigenvalue weighted by molar-refractivity contribution is -0.212. The van der Waals surface area contributed by atoms with E-state index in [1.54, 1.807) is 12.1 Å². The van der Waals surface area contributed by atoms with Crippen LogP contribution in [0.4, 0.5) is 23.2 Å². The van der Waals surface area contributed by atoms with Gasteiger partial charge in [0, 0.05) is 24.7 Å². The van der Waals surface area contributed by atoms with Crippen molar-refractivity contribution in [2.24, 2.45) is 5.73 Å². The van der Waals surface area contributed by atoms with Gasteiger partial charge in [0.15, 0.2) is 0 Å². The number of halogens is 5. The number of carbonyl (C=O) groups excluding carboxylic acids is 2. The molecule has 3 rings (SSSR count). The van der Waals surface area contributed by atoms with Crippen molar-refractivity contribution in [2.75, 3.05) is 11.4 Å². The average molecular weight is 418 g/mol. The van der Waals surface area contributed by atoms with Crippen LogP contribution in [-0.4, -0.2) is 35.3 Å². The van der Waals surface area contributed by atoms with E-state index in [-0.39, 0.29) is 17.4 Å². The van der Waals surface area contributed by atoms with Crippen molar-refractivity contribution < 1.29 is 31.9 Å². The normalized spacial score (nSPS) is 19.8. The molecular formula is C17H12ClF4N3O3. The first kappa shape index (κ1) is 20.0. The van der Waals surface area contributed by atoms with E-state index in [0.29, 0.717) is 11.1 Å². The molecule has 1 aromatic carbocycles. The van der Waals surface area contributed by atoms with Crippen molar-refractivity contribution in [1.29, 1.82) is 0 Å². The van der Waals surface area contributed by atoms with Gasteiger partial charge in [-0.15, -0.1) is 0 Å². The molecule has 0 radical (unpaired) electrons. The topological polar surface area (TPSA) is 85.5 Å². The minimum absolute atomic E-state index is 0.145. The van der Waals surface area contributed by atoms with Gasteiger partial charge in [-0.25, -0.2) is 14.2 Å². The highest BCUT2D eigenvalue weighted by molar-refractivity contribution is 6.32. The summed E-state index contributed by atoms with van der Waals surface area (Å²) in [7, 11) is 0. The highest BCUT2D eigenvalue weighted by Crippen LogP contribution is 2.34. The van der Waals surface area contributed by atoms with Crippen molar-refractivity contribution in [3.8, 4) is 11.1 Å². The number of amides is 1. The van der Waals surface area contributed by atoms with Crippen LogP contribution < -0.4 is 10.6 Å². The Bertz CT molecular complexity index is 953. The standard InChI is InChI=1S/C17H12ClF4N3O3/c18-13-10(2-1-6-24-13)9-3-4-12(11(19)8-9)25-7-5-16(23,14(25)26)28-15(27)17(20,21)22/h1-4,6,8H,5,7,23H2/t16-/m0/s1. The first-order chi connectivity index (χ1) is 13.0. The Balaban J connectivity index is 1.86. The van der Waals surface area contributed by atoms with Crippen LogP contribution in [0.15, 0.2) is 36.5 Å². The number of esters is 1. The fourth-order valence-corrected chi connectivity index (χ4v) is 2.99. The molecule has 1 fully saturated rings. The number of alkyl halides is 3. The van der Waals surface area contributed by atoms with Crippen LogP contribution in [0.1, 0.15) is 6.42 Å². The third kappa shape index (κ3) is 3.65. The second kappa shape index (κ2) is 7.02. The van der Waals surface area contributed by atoms with Crippen LogP contribution in [-0.2, 0) is 14.3 Å². The Morgan fingerprint density at radius 2 is 2.04 bits per heavy atom. The van der Waals surface area contributed by atoms with Gasteiger partial charge in [-0.1, -0.05) is 17.7 Å². The van der Waals surface area contributed by atoms with Crippen molar-refractivity contribution in [3.05, 3.63) is 47.5 Å². The molecule has 2 N–H and O–H groups in total. The summed E-state index contributed by atoms with van der Waals surface area (Å²) in [5, 5.41) is 0.145. The van der Waals surface area contributed by atoms with Gasteiger partial charge < -0.3 is 9.64 Å². The number of nitrogens with two attached hydrogens (primary N) is 1. The molecule has 0 aliphatic carbocycles. The third-order valence-corrected chi connectivity index (χ3v) is 4.43. The van der Waals surface area contributed by atoms with E-state index in [9.17, 15) is 27.2 Å². The van der Waals surface area contributed by atoms with Gasteiger partial charge in [-0.05, 0) is 29.8 Å². The predicted octanol–water partition coefficient (Wildman–Crippen LogP) is 3.04. The molecule has 11 heteroatoms. The van der Waals surface area contributed by atoms with E-state index >= 15 is 0 Å². The predicted molar refractivity (Wildman–Crippen MR) is 90.7 cm³/mol. The van der Waals surface area contributed by atoms with Crippen LogP contribution >= 0.6 is 11.6 Å². The van der Waals surface area contributed by atoms with E-state index in [2.05, 4.69) is 9.72 Å². The molecule has 2 aromatic rings. The molecule has 28 heavy (non-hydrogen) atoms. The summed E-state index contributed by atoms with van der Waals surface area (Å²) in [6.07, 6.45) is -4.28. The number of hydrogen-bond donors (Lipinski definition) is 1. The highest BCUT2D eigenvalue weighted by atomic mass is 35.5. The molecule has 1 atom stereocenters. The SMILES string of the molecule is N[C@]1(OC(=O)C(F)(F)F)CCN(c2ccc(-c3cccnc3Cl)cc2F)C1=O. The van der Waals surface area contributed by atoms with Crippen molar-refractivity contribution in [2.45, 2.75) is 18.3 Å². The summed E-state index contributed by atoms with van der Waals surface area (Å²) >= 11 is 5.97. The van der Waals surface area contributed by atoms with E-state index < -0.39 is 36.0 Å². The molecule has 0 bridgehead atoms. The van der Waals surface area contributed by atoms with Crippen LogP contribution in [0.25, 0.3) is 11.1 Å². The van der Waals surface area contributed by atoms with Gasteiger partial charge >= 0.3 is 12.1 Å². The maximum atomic E-state index is 14.6. The number of ether oxygens (including phenoxy) is 1. The average Bonchev–Trinajstić information content (AvgIpc) is 2.89. The Morgan fingerprint density at radius 1 is 1.32 bits per heavy atom. The van der Waals surface area contributed by atoms with Crippen LogP contribution in [0, 0.1) is 5.82 Å². The van der Waals surface area contributed by atoms with Gasteiger partial charge in [-0.3, -0.25) is 10.5 Å². The van der Waals surface area contributed by atoms with E-state index in [1.807, 2.05) is 0 Å². The van der Waals surface area contributed by atoms with Gasteiger partial charge in [0.1, 0.15) is 11.0 Å². The zero-order valence-corrected chi connectivity index (χ0v) is 14.7. The summed E-state index contributed by atoms with van der Waals surface area (Å²) < 4.78 is 55.9. The van der Waals surface area contributed by atoms with Crippen LogP contribution in [0.2, 0.25) is 5.15 Å². The number of nitrogens with zero attached hydrogens (tertiary/aromatic N) is 2. The Hall–Kier alpha value is -2.72. The quantitative estimate of drug-likeness (QED) is 0.359. The number of rotatable bonds is 3. The number of benzene rings is 1. The molecule has 0 unspecified atom stereocenters. The Morgan fingerprint density at radius 3 is 2.64 bits per heavy atom. The summed E-state index contributed by atoms with van der Waals surface area (Å²) in [4.78, 5) is 28.1. The van der Waals surface area contributed by atoms with Crippen molar-refractivity contribution in [3.63, 3.8) is 0 Å². The molecule has 6 nitrogen and oxygen atoms in total. The molecule has 148 valence electrons. The summed E-state index contributed by atoms with van der Waals surface area (Å²) in [5.41, 5.74) is 3.63. The van der Waals surface area contributed by atoms with E-state index in [1.165, 1.54) is 18.3 Å². The minimum atomic E-state index is -5.31. The lowest BCUT2D eigenvalue weighted by Crippen LogP contribution is -2.53. The zero-order chi connectivity index (χ0) is 20.7. The largest absolute Gasteiger partial charge is 0.491 e. The number of pyridine rings is 1. The third-order valence-electron chi connectivity index (χ3n) is 4.13. The molecular weight excluding hydrogens is 406 g/mol. The number of carbonyl (C=O) groups is 2. The number of aromatic nitrogens is 1. The van der Waals surface area contributed by atoms with Gasteiger partial charge in [-0.2, -0.15) is 13.2 Å². The minimum Gasteiger partial charge on any atom is -0.428 e. The summed E-state index contributed by atoms with van der Waals surface area (Å²) in [6.45, 7) is -0.232. The Kier molecular flexibility index (Phi) is 5.02. The molecule has 1 amide bonds. The smallest absolute Gasteiger partial charge is 0.428 e. The summed E-state index contributed by atoms with van der Waals surface area (Å²) in [5.74, 6) is -4.58. The van der Waals surface area contributed by atoms with Crippen molar-refractivity contribution >= 4 is 29.2 Å². The fourth-order valence-electron chi connectivity index (χ4n) is 2.76. The fraction of sp³-hybridized carbons (Fsp3) is 0.235. The van der Waals surface area contributed by atoms with Gasteiger partial charge in [0.05, 0.1) is 5.69 Å². The second-order valence-electron chi connectivity index (χ2n) is 5.99. The molecule has 1 aliphatic heterocycles. The lowest BCUT2D eigenvalue weighted by Gasteiger charge is -2.24. The van der Waals surface area contributed by atoms with Gasteiger partial charge in [0.2, 0.25) is 5.72 Å². The molecule has 1 saturated heterocycles. The van der Waals surface area contributed by atoms with Crippen LogP contribution in [0.5, 0.6) is 0 Å². The van der Waals surface area contributed by atoms with Crippen LogP contribution in [0.3, 0.4) is 0 Å². The maximum Gasteiger partial charge on any atom is 0.491 e. The molecule has 1 aromatic heterocycles. The maximum absolute atomic E-state index is 14.6. The molecule has 0 saturated carbocycles. The zero-order valence-electron chi connectivity index (χ0n) is 14.0. The second-order valence-corrected chi connectivity index (χ2v) is 6.35. The number of anilines is 1. The summed E-state index contributed by atoms with van der Waals surface area (Å²) in [6, 6.07) is 7.04.